The fraction of sp³-hybridized carbons (Fsp3) is 0.143. The standard InChI is InChI=1S/C14H12ClNO4/c1-9-2-4-11(15)7-14(9)20-13-5-3-10(8-17)6-12(13)16(18)19/h2-7,17H,8H2,1H3. The van der Waals surface area contributed by atoms with Crippen LogP contribution in [0.3, 0.4) is 0 Å². The van der Waals surface area contributed by atoms with Crippen LogP contribution in [0.15, 0.2) is 36.4 Å². The number of aliphatic hydroxyl groups is 1. The summed E-state index contributed by atoms with van der Waals surface area (Å²) in [6.45, 7) is 1.55. The highest BCUT2D eigenvalue weighted by atomic mass is 35.5. The van der Waals surface area contributed by atoms with Crippen molar-refractivity contribution in [3.8, 4) is 11.5 Å². The predicted octanol–water partition coefficient (Wildman–Crippen LogP) is 3.84. The van der Waals surface area contributed by atoms with Crippen LogP contribution in [0.4, 0.5) is 5.69 Å². The maximum absolute atomic E-state index is 11.0. The van der Waals surface area contributed by atoms with Gasteiger partial charge in [0.25, 0.3) is 0 Å². The molecule has 0 aromatic heterocycles. The average Bonchev–Trinajstić information content (AvgIpc) is 2.43. The molecule has 20 heavy (non-hydrogen) atoms. The van der Waals surface area contributed by atoms with Gasteiger partial charge in [0.1, 0.15) is 5.75 Å². The Balaban J connectivity index is 2.42. The van der Waals surface area contributed by atoms with Crippen LogP contribution in [0.2, 0.25) is 5.02 Å². The summed E-state index contributed by atoms with van der Waals surface area (Å²) in [7, 11) is 0. The number of benzene rings is 2. The van der Waals surface area contributed by atoms with Gasteiger partial charge in [-0.05, 0) is 36.2 Å². The van der Waals surface area contributed by atoms with E-state index in [4.69, 9.17) is 21.4 Å². The van der Waals surface area contributed by atoms with Crippen molar-refractivity contribution in [3.05, 3.63) is 62.7 Å². The van der Waals surface area contributed by atoms with Crippen molar-refractivity contribution in [2.75, 3.05) is 0 Å². The molecule has 0 atom stereocenters. The van der Waals surface area contributed by atoms with Gasteiger partial charge >= 0.3 is 5.69 Å². The highest BCUT2D eigenvalue weighted by molar-refractivity contribution is 6.30. The van der Waals surface area contributed by atoms with E-state index in [9.17, 15) is 10.1 Å². The molecule has 0 saturated carbocycles. The largest absolute Gasteiger partial charge is 0.450 e. The lowest BCUT2D eigenvalue weighted by Crippen LogP contribution is -1.96. The maximum Gasteiger partial charge on any atom is 0.311 e. The van der Waals surface area contributed by atoms with Crippen LogP contribution in [-0.4, -0.2) is 10.0 Å². The van der Waals surface area contributed by atoms with Gasteiger partial charge in [-0.2, -0.15) is 0 Å². The van der Waals surface area contributed by atoms with Crippen LogP contribution < -0.4 is 4.74 Å². The van der Waals surface area contributed by atoms with Crippen molar-refractivity contribution in [1.82, 2.24) is 0 Å². The molecule has 0 heterocycles. The van der Waals surface area contributed by atoms with E-state index >= 15 is 0 Å². The second-order valence-corrected chi connectivity index (χ2v) is 4.67. The Labute approximate surface area is 120 Å². The predicted molar refractivity (Wildman–Crippen MR) is 75.3 cm³/mol. The molecule has 5 nitrogen and oxygen atoms in total. The highest BCUT2D eigenvalue weighted by Crippen LogP contribution is 2.34. The molecule has 0 radical (unpaired) electrons. The van der Waals surface area contributed by atoms with Gasteiger partial charge in [-0.3, -0.25) is 10.1 Å². The first-order valence-electron chi connectivity index (χ1n) is 5.83. The minimum atomic E-state index is -0.547. The van der Waals surface area contributed by atoms with Gasteiger partial charge in [-0.1, -0.05) is 23.7 Å². The molecular weight excluding hydrogens is 282 g/mol. The molecule has 0 aliphatic rings. The molecule has 0 amide bonds. The lowest BCUT2D eigenvalue weighted by molar-refractivity contribution is -0.385. The average molecular weight is 294 g/mol. The van der Waals surface area contributed by atoms with Gasteiger partial charge < -0.3 is 9.84 Å². The lowest BCUT2D eigenvalue weighted by atomic mass is 10.2. The van der Waals surface area contributed by atoms with E-state index < -0.39 is 4.92 Å². The van der Waals surface area contributed by atoms with E-state index in [0.717, 1.165) is 5.56 Å². The Kier molecular flexibility index (Phi) is 4.22. The number of nitro groups is 1. The van der Waals surface area contributed by atoms with Gasteiger partial charge in [-0.15, -0.1) is 0 Å². The molecule has 0 fully saturated rings. The summed E-state index contributed by atoms with van der Waals surface area (Å²) in [6, 6.07) is 9.40. The summed E-state index contributed by atoms with van der Waals surface area (Å²) < 4.78 is 5.57. The highest BCUT2D eigenvalue weighted by Gasteiger charge is 2.17. The fourth-order valence-corrected chi connectivity index (χ4v) is 1.85. The number of aryl methyl sites for hydroxylation is 1. The normalized spacial score (nSPS) is 10.3. The number of aliphatic hydroxyl groups excluding tert-OH is 1. The van der Waals surface area contributed by atoms with Gasteiger partial charge in [-0.25, -0.2) is 0 Å². The van der Waals surface area contributed by atoms with Gasteiger partial charge in [0.2, 0.25) is 5.75 Å². The molecule has 0 aliphatic carbocycles. The van der Waals surface area contributed by atoms with E-state index in [2.05, 4.69) is 0 Å². The molecule has 0 bridgehead atoms. The van der Waals surface area contributed by atoms with E-state index in [-0.39, 0.29) is 18.0 Å². The molecule has 0 saturated heterocycles. The Bertz CT molecular complexity index is 658. The Morgan fingerprint density at radius 2 is 2.00 bits per heavy atom. The topological polar surface area (TPSA) is 72.6 Å². The Morgan fingerprint density at radius 3 is 2.65 bits per heavy atom. The molecule has 0 spiro atoms. The number of ether oxygens (including phenoxy) is 1. The Morgan fingerprint density at radius 1 is 1.25 bits per heavy atom. The number of hydrogen-bond donors (Lipinski definition) is 1. The first-order valence-corrected chi connectivity index (χ1v) is 6.21. The third-order valence-electron chi connectivity index (χ3n) is 2.77. The summed E-state index contributed by atoms with van der Waals surface area (Å²) in [5.41, 5.74) is 1.07. The fourth-order valence-electron chi connectivity index (χ4n) is 1.69. The zero-order valence-corrected chi connectivity index (χ0v) is 11.4. The zero-order chi connectivity index (χ0) is 14.7. The molecule has 2 aromatic rings. The molecule has 2 aromatic carbocycles. The van der Waals surface area contributed by atoms with Crippen molar-refractivity contribution in [2.24, 2.45) is 0 Å². The van der Waals surface area contributed by atoms with E-state index in [1.54, 1.807) is 24.3 Å². The summed E-state index contributed by atoms with van der Waals surface area (Å²) >= 11 is 5.89. The first kappa shape index (κ1) is 14.3. The van der Waals surface area contributed by atoms with Crippen LogP contribution in [0, 0.1) is 17.0 Å². The quantitative estimate of drug-likeness (QED) is 0.686. The maximum atomic E-state index is 11.0. The SMILES string of the molecule is Cc1ccc(Cl)cc1Oc1ccc(CO)cc1[N+](=O)[O-]. The van der Waals surface area contributed by atoms with Gasteiger partial charge in [0, 0.05) is 11.1 Å². The molecule has 1 N–H and O–H groups in total. The molecule has 0 aliphatic heterocycles. The smallest absolute Gasteiger partial charge is 0.311 e. The van der Waals surface area contributed by atoms with E-state index in [1.165, 1.54) is 12.1 Å². The van der Waals surface area contributed by atoms with Crippen molar-refractivity contribution in [1.29, 1.82) is 0 Å². The third-order valence-corrected chi connectivity index (χ3v) is 3.01. The number of rotatable bonds is 4. The molecule has 6 heteroatoms. The molecular formula is C14H12ClNO4. The minimum Gasteiger partial charge on any atom is -0.450 e. The van der Waals surface area contributed by atoms with Crippen molar-refractivity contribution in [3.63, 3.8) is 0 Å². The minimum absolute atomic E-state index is 0.109. The second-order valence-electron chi connectivity index (χ2n) is 4.23. The van der Waals surface area contributed by atoms with Crippen molar-refractivity contribution >= 4 is 17.3 Å². The second kappa shape index (κ2) is 5.90. The van der Waals surface area contributed by atoms with Crippen LogP contribution in [-0.2, 0) is 6.61 Å². The third kappa shape index (κ3) is 3.07. The van der Waals surface area contributed by atoms with Crippen LogP contribution in [0.25, 0.3) is 0 Å². The summed E-state index contributed by atoms with van der Waals surface area (Å²) in [5, 5.41) is 20.6. The van der Waals surface area contributed by atoms with Crippen LogP contribution in [0.1, 0.15) is 11.1 Å². The number of nitrogens with zero attached hydrogens (tertiary/aromatic N) is 1. The van der Waals surface area contributed by atoms with Gasteiger partial charge in [0.05, 0.1) is 11.5 Å². The van der Waals surface area contributed by atoms with Crippen LogP contribution in [0.5, 0.6) is 11.5 Å². The van der Waals surface area contributed by atoms with Crippen LogP contribution >= 0.6 is 11.6 Å². The van der Waals surface area contributed by atoms with Crippen molar-refractivity contribution < 1.29 is 14.8 Å². The van der Waals surface area contributed by atoms with Crippen molar-refractivity contribution in [2.45, 2.75) is 13.5 Å². The molecule has 2 rings (SSSR count). The summed E-state index contributed by atoms with van der Waals surface area (Å²) in [5.74, 6) is 0.565. The number of hydrogen-bond acceptors (Lipinski definition) is 4. The summed E-state index contributed by atoms with van der Waals surface area (Å²) in [6.07, 6.45) is 0. The van der Waals surface area contributed by atoms with Gasteiger partial charge in [0.15, 0.2) is 0 Å². The monoisotopic (exact) mass is 293 g/mol. The van der Waals surface area contributed by atoms with E-state index in [0.29, 0.717) is 16.3 Å². The Hall–Kier alpha value is -2.11. The number of halogens is 1. The molecule has 0 unspecified atom stereocenters. The molecule has 104 valence electrons. The van der Waals surface area contributed by atoms with E-state index in [1.807, 2.05) is 6.92 Å². The summed E-state index contributed by atoms with van der Waals surface area (Å²) in [4.78, 5) is 10.5. The first-order chi connectivity index (χ1) is 9.51. The zero-order valence-electron chi connectivity index (χ0n) is 10.7. The lowest BCUT2D eigenvalue weighted by Gasteiger charge is -2.10. The number of nitro benzene ring substituents is 1.